The highest BCUT2D eigenvalue weighted by Gasteiger charge is 2.42. The minimum Gasteiger partial charge on any atom is -0.392 e. The van der Waals surface area contributed by atoms with Crippen molar-refractivity contribution in [3.05, 3.63) is 40.4 Å². The highest BCUT2D eigenvalue weighted by atomic mass is 35.5. The molecule has 2 aliphatic carbocycles. The van der Waals surface area contributed by atoms with E-state index in [2.05, 4.69) is 19.1 Å². The van der Waals surface area contributed by atoms with Gasteiger partial charge in [-0.05, 0) is 65.9 Å². The maximum Gasteiger partial charge on any atom is 0.0647 e. The van der Waals surface area contributed by atoms with E-state index in [0.717, 1.165) is 23.8 Å². The van der Waals surface area contributed by atoms with Gasteiger partial charge in [0.1, 0.15) is 0 Å². The lowest BCUT2D eigenvalue weighted by molar-refractivity contribution is 0.203. The first kappa shape index (κ1) is 13.2. The second kappa shape index (κ2) is 4.96. The highest BCUT2D eigenvalue weighted by molar-refractivity contribution is 6.30. The van der Waals surface area contributed by atoms with E-state index >= 15 is 0 Å². The Bertz CT molecular complexity index is 502. The van der Waals surface area contributed by atoms with Gasteiger partial charge >= 0.3 is 0 Å². The van der Waals surface area contributed by atoms with Crippen LogP contribution in [-0.4, -0.2) is 11.7 Å². The van der Waals surface area contributed by atoms with Crippen LogP contribution in [-0.2, 0) is 0 Å². The van der Waals surface area contributed by atoms with Gasteiger partial charge in [-0.1, -0.05) is 37.1 Å². The lowest BCUT2D eigenvalue weighted by atomic mass is 9.66. The third kappa shape index (κ3) is 2.34. The molecule has 1 fully saturated rings. The molecule has 1 aromatic carbocycles. The lowest BCUT2D eigenvalue weighted by Gasteiger charge is -2.39. The predicted octanol–water partition coefficient (Wildman–Crippen LogP) is 4.69. The van der Waals surface area contributed by atoms with Gasteiger partial charge in [-0.3, -0.25) is 0 Å². The van der Waals surface area contributed by atoms with Crippen LogP contribution in [0.5, 0.6) is 0 Å². The summed E-state index contributed by atoms with van der Waals surface area (Å²) >= 11 is 5.97. The normalized spacial score (nSPS) is 30.6. The summed E-state index contributed by atoms with van der Waals surface area (Å²) in [4.78, 5) is 0. The third-order valence-electron chi connectivity index (χ3n) is 5.16. The smallest absolute Gasteiger partial charge is 0.0647 e. The Morgan fingerprint density at radius 2 is 2.05 bits per heavy atom. The van der Waals surface area contributed by atoms with Crippen LogP contribution in [0.3, 0.4) is 0 Å². The Morgan fingerprint density at radius 1 is 1.32 bits per heavy atom. The van der Waals surface area contributed by atoms with Crippen molar-refractivity contribution in [3.8, 4) is 0 Å². The Kier molecular flexibility index (Phi) is 3.44. The number of aliphatic hydroxyl groups excluding tert-OH is 1. The Hall–Kier alpha value is -0.790. The van der Waals surface area contributed by atoms with Gasteiger partial charge in [0.25, 0.3) is 0 Å². The summed E-state index contributed by atoms with van der Waals surface area (Å²) in [7, 11) is 0. The Balaban J connectivity index is 1.98. The molecule has 0 heterocycles. The van der Waals surface area contributed by atoms with E-state index in [1.165, 1.54) is 36.0 Å². The van der Waals surface area contributed by atoms with Crippen molar-refractivity contribution in [1.29, 1.82) is 0 Å². The molecule has 2 atom stereocenters. The van der Waals surface area contributed by atoms with Crippen LogP contribution in [0.15, 0.2) is 29.8 Å². The van der Waals surface area contributed by atoms with E-state index in [1.54, 1.807) is 0 Å². The zero-order valence-electron chi connectivity index (χ0n) is 11.5. The molecule has 1 aromatic rings. The first-order chi connectivity index (χ1) is 9.12. The van der Waals surface area contributed by atoms with Crippen LogP contribution in [0, 0.1) is 11.3 Å². The molecule has 0 radical (unpaired) electrons. The Morgan fingerprint density at radius 3 is 2.74 bits per heavy atom. The molecular weight excluding hydrogens is 256 g/mol. The molecule has 1 saturated carbocycles. The van der Waals surface area contributed by atoms with Crippen LogP contribution in [0.1, 0.15) is 44.6 Å². The minimum absolute atomic E-state index is 0.195. The molecule has 1 N–H and O–H groups in total. The fraction of sp³-hybridized carbons (Fsp3) is 0.529. The van der Waals surface area contributed by atoms with Gasteiger partial charge in [-0.2, -0.15) is 0 Å². The minimum atomic E-state index is 0.195. The van der Waals surface area contributed by atoms with Crippen molar-refractivity contribution in [3.63, 3.8) is 0 Å². The molecule has 102 valence electrons. The second-order valence-electron chi connectivity index (χ2n) is 6.37. The van der Waals surface area contributed by atoms with Gasteiger partial charge in [0.2, 0.25) is 0 Å². The van der Waals surface area contributed by atoms with E-state index in [0.29, 0.717) is 5.41 Å². The molecule has 0 saturated heterocycles. The lowest BCUT2D eigenvalue weighted by Crippen LogP contribution is -2.28. The number of allylic oxidation sites excluding steroid dienone is 1. The van der Waals surface area contributed by atoms with Crippen molar-refractivity contribution >= 4 is 17.2 Å². The number of hydrogen-bond donors (Lipinski definition) is 1. The number of benzene rings is 1. The summed E-state index contributed by atoms with van der Waals surface area (Å²) in [5, 5.41) is 10.5. The molecule has 0 amide bonds. The molecule has 3 rings (SSSR count). The topological polar surface area (TPSA) is 20.2 Å². The summed E-state index contributed by atoms with van der Waals surface area (Å²) in [5.41, 5.74) is 4.27. The largest absolute Gasteiger partial charge is 0.392 e. The maximum atomic E-state index is 9.73. The zero-order valence-corrected chi connectivity index (χ0v) is 12.2. The number of hydrogen-bond acceptors (Lipinski definition) is 1. The molecule has 19 heavy (non-hydrogen) atoms. The van der Waals surface area contributed by atoms with Gasteiger partial charge in [-0.15, -0.1) is 0 Å². The second-order valence-corrected chi connectivity index (χ2v) is 6.81. The van der Waals surface area contributed by atoms with E-state index in [9.17, 15) is 5.11 Å². The molecule has 2 aliphatic rings. The predicted molar refractivity (Wildman–Crippen MR) is 80.1 cm³/mol. The molecule has 2 heteroatoms. The average Bonchev–Trinajstić information content (AvgIpc) is 2.78. The molecule has 0 aliphatic heterocycles. The highest BCUT2D eigenvalue weighted by Crippen LogP contribution is 2.55. The number of rotatable bonds is 2. The van der Waals surface area contributed by atoms with Crippen LogP contribution >= 0.6 is 11.6 Å². The van der Waals surface area contributed by atoms with Crippen LogP contribution in [0.2, 0.25) is 5.02 Å². The number of aliphatic hydroxyl groups is 1. The van der Waals surface area contributed by atoms with Crippen molar-refractivity contribution in [2.75, 3.05) is 6.61 Å². The van der Waals surface area contributed by atoms with Crippen molar-refractivity contribution < 1.29 is 5.11 Å². The van der Waals surface area contributed by atoms with E-state index in [4.69, 9.17) is 11.6 Å². The van der Waals surface area contributed by atoms with Crippen LogP contribution in [0.25, 0.3) is 5.57 Å². The van der Waals surface area contributed by atoms with Gasteiger partial charge in [0, 0.05) is 5.02 Å². The first-order valence-electron chi connectivity index (χ1n) is 7.20. The standard InChI is InChI=1S/C17H21ClO/c1-17-8-2-3-14(17)9-16(13(10-17)11-19)12-4-6-15(18)7-5-12/h4-7,14,19H,2-3,8-11H2,1H3/t14-,17+/m0/s1. The molecule has 0 aromatic heterocycles. The molecule has 0 unspecified atom stereocenters. The van der Waals surface area contributed by atoms with Crippen molar-refractivity contribution in [1.82, 2.24) is 0 Å². The van der Waals surface area contributed by atoms with Crippen LogP contribution < -0.4 is 0 Å². The van der Waals surface area contributed by atoms with E-state index in [1.807, 2.05) is 12.1 Å². The molecular formula is C17H21ClO. The van der Waals surface area contributed by atoms with E-state index < -0.39 is 0 Å². The summed E-state index contributed by atoms with van der Waals surface area (Å²) in [6, 6.07) is 8.07. The number of halogens is 1. The first-order valence-corrected chi connectivity index (χ1v) is 7.58. The van der Waals surface area contributed by atoms with E-state index in [-0.39, 0.29) is 6.61 Å². The fourth-order valence-corrected chi connectivity index (χ4v) is 4.12. The van der Waals surface area contributed by atoms with Gasteiger partial charge in [0.05, 0.1) is 6.61 Å². The number of fused-ring (bicyclic) bond motifs is 1. The van der Waals surface area contributed by atoms with Gasteiger partial charge in [-0.25, -0.2) is 0 Å². The molecule has 1 nitrogen and oxygen atoms in total. The summed E-state index contributed by atoms with van der Waals surface area (Å²) in [6.45, 7) is 2.60. The summed E-state index contributed by atoms with van der Waals surface area (Å²) in [6.07, 6.45) is 6.18. The van der Waals surface area contributed by atoms with Crippen molar-refractivity contribution in [2.45, 2.75) is 39.0 Å². The average molecular weight is 277 g/mol. The third-order valence-corrected chi connectivity index (χ3v) is 5.42. The van der Waals surface area contributed by atoms with Crippen LogP contribution in [0.4, 0.5) is 0 Å². The quantitative estimate of drug-likeness (QED) is 0.831. The fourth-order valence-electron chi connectivity index (χ4n) is 4.00. The molecule has 0 bridgehead atoms. The maximum absolute atomic E-state index is 9.73. The van der Waals surface area contributed by atoms with Gasteiger partial charge in [0.15, 0.2) is 0 Å². The van der Waals surface area contributed by atoms with Gasteiger partial charge < -0.3 is 5.11 Å². The van der Waals surface area contributed by atoms with Crippen molar-refractivity contribution in [2.24, 2.45) is 11.3 Å². The molecule has 0 spiro atoms. The monoisotopic (exact) mass is 276 g/mol. The SMILES string of the molecule is C[C@]12CCC[C@H]1CC(c1ccc(Cl)cc1)=C(CO)C2. The summed E-state index contributed by atoms with van der Waals surface area (Å²) < 4.78 is 0. The summed E-state index contributed by atoms with van der Waals surface area (Å²) in [5.74, 6) is 0.786. The Labute approximate surface area is 120 Å². The zero-order chi connectivity index (χ0) is 13.5.